The van der Waals surface area contributed by atoms with Gasteiger partial charge in [0.05, 0.1) is 18.6 Å². The van der Waals surface area contributed by atoms with Crippen LogP contribution in [-0.4, -0.2) is 38.8 Å². The van der Waals surface area contributed by atoms with Crippen LogP contribution in [0.1, 0.15) is 45.1 Å². The molecule has 0 saturated heterocycles. The first-order chi connectivity index (χ1) is 13.4. The van der Waals surface area contributed by atoms with Gasteiger partial charge in [-0.1, -0.05) is 44.0 Å². The Morgan fingerprint density at radius 1 is 1.21 bits per heavy atom. The van der Waals surface area contributed by atoms with Crippen LogP contribution in [0.3, 0.4) is 0 Å². The fraction of sp³-hybridized carbons (Fsp3) is 0.591. The number of hydrogen-bond acceptors (Lipinski definition) is 6. The maximum atomic E-state index is 12.8. The van der Waals surface area contributed by atoms with Gasteiger partial charge in [-0.15, -0.1) is 0 Å². The van der Waals surface area contributed by atoms with Crippen molar-refractivity contribution in [3.8, 4) is 0 Å². The van der Waals surface area contributed by atoms with Crippen LogP contribution < -0.4 is 0 Å². The lowest BCUT2D eigenvalue weighted by Gasteiger charge is -2.55. The molecule has 160 valence electrons. The van der Waals surface area contributed by atoms with Gasteiger partial charge in [-0.2, -0.15) is 8.42 Å². The van der Waals surface area contributed by atoms with Crippen LogP contribution in [0, 0.1) is 23.7 Å². The van der Waals surface area contributed by atoms with Gasteiger partial charge in [-0.05, 0) is 55.7 Å². The van der Waals surface area contributed by atoms with E-state index < -0.39 is 27.1 Å². The van der Waals surface area contributed by atoms with Gasteiger partial charge in [0.1, 0.15) is 0 Å². The molecule has 1 saturated carbocycles. The SMILES string of the molecule is COC(=O)[C@]1(O)C=C[C@H]2C(C)(C)CCC[C@]2(COS(=O)(=O)c2ccc(C)cc2)C1. The van der Waals surface area contributed by atoms with Crippen LogP contribution in [-0.2, 0) is 23.8 Å². The third kappa shape index (κ3) is 4.13. The number of aryl methyl sites for hydroxylation is 1. The van der Waals surface area contributed by atoms with Gasteiger partial charge in [-0.25, -0.2) is 4.79 Å². The molecule has 1 aromatic carbocycles. The van der Waals surface area contributed by atoms with Crippen LogP contribution >= 0.6 is 0 Å². The van der Waals surface area contributed by atoms with Crippen LogP contribution in [0.2, 0.25) is 0 Å². The zero-order chi connectivity index (χ0) is 21.5. The highest BCUT2D eigenvalue weighted by molar-refractivity contribution is 7.86. The summed E-state index contributed by atoms with van der Waals surface area (Å²) >= 11 is 0. The van der Waals surface area contributed by atoms with Crippen LogP contribution in [0.5, 0.6) is 0 Å². The second-order valence-corrected chi connectivity index (χ2v) is 10.8. The Bertz CT molecular complexity index is 902. The first-order valence-electron chi connectivity index (χ1n) is 9.90. The van der Waals surface area contributed by atoms with Crippen molar-refractivity contribution < 1.29 is 27.2 Å². The number of esters is 1. The molecule has 0 spiro atoms. The molecule has 0 radical (unpaired) electrons. The standard InChI is InChI=1S/C22H30O6S/c1-16-6-8-17(9-7-16)29(25,26)28-15-21-12-5-11-20(2,3)18(21)10-13-22(24,14-21)19(23)27-4/h6-10,13,18,24H,5,11-12,14-15H2,1-4H3/t18-,21+,22-/m0/s1. The van der Waals surface area contributed by atoms with Crippen molar-refractivity contribution in [3.05, 3.63) is 42.0 Å². The summed E-state index contributed by atoms with van der Waals surface area (Å²) in [4.78, 5) is 12.3. The molecule has 1 fully saturated rings. The topological polar surface area (TPSA) is 89.9 Å². The average molecular weight is 423 g/mol. The first kappa shape index (κ1) is 22.0. The molecule has 29 heavy (non-hydrogen) atoms. The Balaban J connectivity index is 1.93. The molecular weight excluding hydrogens is 392 g/mol. The number of aliphatic hydroxyl groups is 1. The molecule has 2 aliphatic rings. The number of hydrogen-bond donors (Lipinski definition) is 1. The molecule has 0 amide bonds. The van der Waals surface area contributed by atoms with Gasteiger partial charge in [0.25, 0.3) is 10.1 Å². The van der Waals surface area contributed by atoms with Gasteiger partial charge >= 0.3 is 5.97 Å². The summed E-state index contributed by atoms with van der Waals surface area (Å²) in [6.45, 7) is 6.05. The van der Waals surface area contributed by atoms with E-state index in [9.17, 15) is 18.3 Å². The quantitative estimate of drug-likeness (QED) is 0.444. The highest BCUT2D eigenvalue weighted by Gasteiger charge is 2.56. The summed E-state index contributed by atoms with van der Waals surface area (Å²) in [5.41, 5.74) is -1.62. The van der Waals surface area contributed by atoms with E-state index in [4.69, 9.17) is 8.92 Å². The first-order valence-corrected chi connectivity index (χ1v) is 11.3. The Labute approximate surface area is 173 Å². The minimum Gasteiger partial charge on any atom is -0.467 e. The smallest absolute Gasteiger partial charge is 0.341 e. The molecule has 1 aromatic rings. The van der Waals surface area contributed by atoms with E-state index in [1.165, 1.54) is 25.3 Å². The second-order valence-electron chi connectivity index (χ2n) is 9.16. The number of allylic oxidation sites excluding steroid dienone is 1. The van der Waals surface area contributed by atoms with Gasteiger partial charge in [0.2, 0.25) is 0 Å². The monoisotopic (exact) mass is 422 g/mol. The third-order valence-corrected chi connectivity index (χ3v) is 7.81. The number of ether oxygens (including phenoxy) is 1. The highest BCUT2D eigenvalue weighted by Crippen LogP contribution is 2.57. The largest absolute Gasteiger partial charge is 0.467 e. The maximum absolute atomic E-state index is 12.8. The Kier molecular flexibility index (Phi) is 5.71. The molecule has 0 heterocycles. The van der Waals surface area contributed by atoms with Crippen molar-refractivity contribution >= 4 is 16.1 Å². The Morgan fingerprint density at radius 2 is 1.86 bits per heavy atom. The number of benzene rings is 1. The molecule has 3 atom stereocenters. The Morgan fingerprint density at radius 3 is 2.48 bits per heavy atom. The number of rotatable bonds is 5. The van der Waals surface area contributed by atoms with Gasteiger partial charge in [0, 0.05) is 5.41 Å². The number of carbonyl (C=O) groups excluding carboxylic acids is 1. The van der Waals surface area contributed by atoms with E-state index in [0.717, 1.165) is 18.4 Å². The predicted octanol–water partition coefficient (Wildman–Crippen LogP) is 3.38. The highest BCUT2D eigenvalue weighted by atomic mass is 32.2. The van der Waals surface area contributed by atoms with Crippen LogP contribution in [0.25, 0.3) is 0 Å². The van der Waals surface area contributed by atoms with E-state index in [0.29, 0.717) is 6.42 Å². The van der Waals surface area contributed by atoms with Crippen LogP contribution in [0.15, 0.2) is 41.3 Å². The maximum Gasteiger partial charge on any atom is 0.341 e. The van der Waals surface area contributed by atoms with Crippen molar-refractivity contribution in [1.82, 2.24) is 0 Å². The molecule has 0 unspecified atom stereocenters. The average Bonchev–Trinajstić information content (AvgIpc) is 2.65. The van der Waals surface area contributed by atoms with E-state index in [1.54, 1.807) is 12.1 Å². The predicted molar refractivity (Wildman–Crippen MR) is 109 cm³/mol. The number of fused-ring (bicyclic) bond motifs is 1. The minimum absolute atomic E-state index is 0.0260. The van der Waals surface area contributed by atoms with Gasteiger partial charge in [0.15, 0.2) is 5.60 Å². The molecule has 7 heteroatoms. The third-order valence-electron chi connectivity index (χ3n) is 6.53. The fourth-order valence-corrected chi connectivity index (χ4v) is 6.04. The van der Waals surface area contributed by atoms with Crippen molar-refractivity contribution in [3.63, 3.8) is 0 Å². The molecule has 6 nitrogen and oxygen atoms in total. The molecule has 0 bridgehead atoms. The second kappa shape index (κ2) is 7.52. The van der Waals surface area contributed by atoms with Gasteiger partial charge in [-0.3, -0.25) is 4.18 Å². The lowest BCUT2D eigenvalue weighted by atomic mass is 9.51. The molecule has 0 aromatic heterocycles. The normalized spacial score (nSPS) is 31.1. The van der Waals surface area contributed by atoms with Crippen molar-refractivity contribution in [2.45, 2.75) is 57.0 Å². The van der Waals surface area contributed by atoms with E-state index in [2.05, 4.69) is 13.8 Å². The summed E-state index contributed by atoms with van der Waals surface area (Å²) in [7, 11) is -2.72. The summed E-state index contributed by atoms with van der Waals surface area (Å²) in [5, 5.41) is 10.9. The Hall–Kier alpha value is -1.70. The van der Waals surface area contributed by atoms with Crippen molar-refractivity contribution in [1.29, 1.82) is 0 Å². The molecular formula is C22H30O6S. The van der Waals surface area contributed by atoms with Crippen LogP contribution in [0.4, 0.5) is 0 Å². The lowest BCUT2D eigenvalue weighted by Crippen LogP contribution is -2.55. The lowest BCUT2D eigenvalue weighted by molar-refractivity contribution is -0.166. The van der Waals surface area contributed by atoms with E-state index >= 15 is 0 Å². The van der Waals surface area contributed by atoms with Gasteiger partial charge < -0.3 is 9.84 Å². The molecule has 3 rings (SSSR count). The fourth-order valence-electron chi connectivity index (χ4n) is 5.05. The number of methoxy groups -OCH3 is 1. The van der Waals surface area contributed by atoms with E-state index in [-0.39, 0.29) is 29.3 Å². The summed E-state index contributed by atoms with van der Waals surface area (Å²) in [5.74, 6) is -0.766. The molecule has 1 N–H and O–H groups in total. The van der Waals surface area contributed by atoms with Crippen molar-refractivity contribution in [2.24, 2.45) is 16.7 Å². The van der Waals surface area contributed by atoms with E-state index in [1.807, 2.05) is 13.0 Å². The molecule has 2 aliphatic carbocycles. The molecule has 0 aliphatic heterocycles. The summed E-state index contributed by atoms with van der Waals surface area (Å²) < 4.78 is 35.9. The zero-order valence-electron chi connectivity index (χ0n) is 17.5. The minimum atomic E-state index is -3.95. The summed E-state index contributed by atoms with van der Waals surface area (Å²) in [6, 6.07) is 6.49. The van der Waals surface area contributed by atoms with Crippen molar-refractivity contribution in [2.75, 3.05) is 13.7 Å². The number of carbonyl (C=O) groups is 1. The summed E-state index contributed by atoms with van der Waals surface area (Å²) in [6.07, 6.45) is 5.92. The zero-order valence-corrected chi connectivity index (χ0v) is 18.3.